The molecule has 1 aliphatic rings. The van der Waals surface area contributed by atoms with Gasteiger partial charge in [0.15, 0.2) is 0 Å². The van der Waals surface area contributed by atoms with Gasteiger partial charge in [-0.25, -0.2) is 0 Å². The SMILES string of the molecule is N[C@H]1CCN(C(=O)c2cc(Br)sc2Br)C1. The number of rotatable bonds is 1. The summed E-state index contributed by atoms with van der Waals surface area (Å²) in [6, 6.07) is 1.98. The minimum atomic E-state index is 0.0665. The third kappa shape index (κ3) is 2.43. The summed E-state index contributed by atoms with van der Waals surface area (Å²) in [6.07, 6.45) is 0.897. The fourth-order valence-electron chi connectivity index (χ4n) is 1.63. The van der Waals surface area contributed by atoms with Crippen LogP contribution < -0.4 is 5.73 Å². The number of likely N-dealkylation sites (tertiary alicyclic amines) is 1. The van der Waals surface area contributed by atoms with Crippen LogP contribution in [0.25, 0.3) is 0 Å². The number of thiophene rings is 1. The third-order valence-corrected chi connectivity index (χ3v) is 4.74. The number of carbonyl (C=O) groups excluding carboxylic acids is 1. The Morgan fingerprint density at radius 3 is 2.80 bits per heavy atom. The highest BCUT2D eigenvalue weighted by Gasteiger charge is 2.26. The van der Waals surface area contributed by atoms with Crippen molar-refractivity contribution in [3.63, 3.8) is 0 Å². The minimum absolute atomic E-state index is 0.0665. The van der Waals surface area contributed by atoms with Crippen LogP contribution in [0, 0.1) is 0 Å². The predicted molar refractivity (Wildman–Crippen MR) is 68.2 cm³/mol. The van der Waals surface area contributed by atoms with Crippen LogP contribution >= 0.6 is 43.2 Å². The van der Waals surface area contributed by atoms with E-state index in [4.69, 9.17) is 5.73 Å². The molecule has 0 aromatic carbocycles. The molecule has 1 aromatic heterocycles. The van der Waals surface area contributed by atoms with Gasteiger partial charge >= 0.3 is 0 Å². The van der Waals surface area contributed by atoms with E-state index in [1.165, 1.54) is 11.3 Å². The van der Waals surface area contributed by atoms with Crippen molar-refractivity contribution >= 4 is 49.1 Å². The second-order valence-electron chi connectivity index (χ2n) is 3.54. The molecule has 0 unspecified atom stereocenters. The minimum Gasteiger partial charge on any atom is -0.337 e. The summed E-state index contributed by atoms with van der Waals surface area (Å²) in [7, 11) is 0. The normalized spacial score (nSPS) is 21.0. The monoisotopic (exact) mass is 352 g/mol. The van der Waals surface area contributed by atoms with Crippen molar-refractivity contribution in [2.45, 2.75) is 12.5 Å². The van der Waals surface area contributed by atoms with Crippen molar-refractivity contribution in [3.8, 4) is 0 Å². The Labute approximate surface area is 109 Å². The van der Waals surface area contributed by atoms with E-state index in [0.29, 0.717) is 6.54 Å². The molecule has 1 amide bonds. The smallest absolute Gasteiger partial charge is 0.255 e. The van der Waals surface area contributed by atoms with Crippen LogP contribution in [0.2, 0.25) is 0 Å². The molecule has 15 heavy (non-hydrogen) atoms. The van der Waals surface area contributed by atoms with Crippen LogP contribution in [0.1, 0.15) is 16.8 Å². The average Bonchev–Trinajstić information content (AvgIpc) is 2.71. The van der Waals surface area contributed by atoms with Gasteiger partial charge in [0.25, 0.3) is 5.91 Å². The topological polar surface area (TPSA) is 46.3 Å². The van der Waals surface area contributed by atoms with E-state index >= 15 is 0 Å². The number of carbonyl (C=O) groups is 1. The standard InChI is InChI=1S/C9H10Br2N2OS/c10-7-3-6(8(11)15-7)9(14)13-2-1-5(12)4-13/h3,5H,1-2,4,12H2/t5-/m0/s1. The summed E-state index contributed by atoms with van der Waals surface area (Å²) < 4.78 is 1.83. The Balaban J connectivity index is 2.17. The molecule has 1 aliphatic heterocycles. The zero-order chi connectivity index (χ0) is 11.0. The Bertz CT molecular complexity index is 393. The Morgan fingerprint density at radius 1 is 1.60 bits per heavy atom. The first-order valence-electron chi connectivity index (χ1n) is 4.57. The fourth-order valence-corrected chi connectivity index (χ4v) is 4.41. The molecule has 0 radical (unpaired) electrons. The van der Waals surface area contributed by atoms with Crippen molar-refractivity contribution in [3.05, 3.63) is 19.2 Å². The summed E-state index contributed by atoms with van der Waals surface area (Å²) in [5.41, 5.74) is 6.50. The van der Waals surface area contributed by atoms with Crippen molar-refractivity contribution in [1.82, 2.24) is 4.90 Å². The molecule has 82 valence electrons. The number of halogens is 2. The van der Waals surface area contributed by atoms with Gasteiger partial charge in [-0.15, -0.1) is 11.3 Å². The summed E-state index contributed by atoms with van der Waals surface area (Å²) in [6.45, 7) is 1.43. The van der Waals surface area contributed by atoms with E-state index < -0.39 is 0 Å². The van der Waals surface area contributed by atoms with E-state index in [1.807, 2.05) is 11.0 Å². The zero-order valence-corrected chi connectivity index (χ0v) is 11.9. The van der Waals surface area contributed by atoms with Gasteiger partial charge < -0.3 is 10.6 Å². The van der Waals surface area contributed by atoms with E-state index in [2.05, 4.69) is 31.9 Å². The molecule has 0 spiro atoms. The van der Waals surface area contributed by atoms with Crippen LogP contribution in [-0.2, 0) is 0 Å². The molecule has 1 atom stereocenters. The lowest BCUT2D eigenvalue weighted by Crippen LogP contribution is -2.31. The second-order valence-corrected chi connectivity index (χ2v) is 7.29. The molecule has 2 heterocycles. The van der Waals surface area contributed by atoms with Gasteiger partial charge in [0.1, 0.15) is 0 Å². The maximum Gasteiger partial charge on any atom is 0.255 e. The van der Waals surface area contributed by atoms with Crippen molar-refractivity contribution in [2.24, 2.45) is 5.73 Å². The summed E-state index contributed by atoms with van der Waals surface area (Å²) in [5, 5.41) is 0. The molecule has 6 heteroatoms. The maximum absolute atomic E-state index is 12.1. The van der Waals surface area contributed by atoms with E-state index in [-0.39, 0.29) is 11.9 Å². The van der Waals surface area contributed by atoms with Crippen molar-refractivity contribution in [2.75, 3.05) is 13.1 Å². The highest BCUT2D eigenvalue weighted by Crippen LogP contribution is 2.33. The van der Waals surface area contributed by atoms with Crippen LogP contribution in [-0.4, -0.2) is 29.9 Å². The third-order valence-electron chi connectivity index (χ3n) is 2.40. The molecule has 0 aliphatic carbocycles. The van der Waals surface area contributed by atoms with Gasteiger partial charge in [-0.05, 0) is 44.3 Å². The maximum atomic E-state index is 12.1. The molecule has 1 saturated heterocycles. The molecule has 2 rings (SSSR count). The van der Waals surface area contributed by atoms with Gasteiger partial charge in [0.2, 0.25) is 0 Å². The molecule has 0 bridgehead atoms. The van der Waals surface area contributed by atoms with Gasteiger partial charge in [-0.2, -0.15) is 0 Å². The Morgan fingerprint density at radius 2 is 2.33 bits per heavy atom. The number of nitrogens with two attached hydrogens (primary N) is 1. The van der Waals surface area contributed by atoms with Gasteiger partial charge in [0.05, 0.1) is 13.1 Å². The van der Waals surface area contributed by atoms with Crippen molar-refractivity contribution in [1.29, 1.82) is 0 Å². The lowest BCUT2D eigenvalue weighted by Gasteiger charge is -2.14. The molecule has 2 N–H and O–H groups in total. The largest absolute Gasteiger partial charge is 0.337 e. The summed E-state index contributed by atoms with van der Waals surface area (Å²) in [4.78, 5) is 13.9. The average molecular weight is 354 g/mol. The van der Waals surface area contributed by atoms with Crippen molar-refractivity contribution < 1.29 is 4.79 Å². The lowest BCUT2D eigenvalue weighted by atomic mass is 10.3. The molecular formula is C9H10Br2N2OS. The van der Waals surface area contributed by atoms with Crippen LogP contribution in [0.3, 0.4) is 0 Å². The lowest BCUT2D eigenvalue weighted by molar-refractivity contribution is 0.0790. The molecular weight excluding hydrogens is 344 g/mol. The number of hydrogen-bond donors (Lipinski definition) is 1. The first-order chi connectivity index (χ1) is 7.08. The quantitative estimate of drug-likeness (QED) is 0.842. The van der Waals surface area contributed by atoms with Gasteiger partial charge in [-0.1, -0.05) is 0 Å². The molecule has 1 fully saturated rings. The van der Waals surface area contributed by atoms with Gasteiger partial charge in [0, 0.05) is 19.1 Å². The van der Waals surface area contributed by atoms with Gasteiger partial charge in [-0.3, -0.25) is 4.79 Å². The summed E-state index contributed by atoms with van der Waals surface area (Å²) >= 11 is 8.27. The first-order valence-corrected chi connectivity index (χ1v) is 6.98. The predicted octanol–water partition coefficient (Wildman–Crippen LogP) is 2.45. The molecule has 1 aromatic rings. The number of amides is 1. The summed E-state index contributed by atoms with van der Waals surface area (Å²) in [5.74, 6) is 0.0665. The number of hydrogen-bond acceptors (Lipinski definition) is 3. The zero-order valence-electron chi connectivity index (χ0n) is 7.87. The van der Waals surface area contributed by atoms with Crippen LogP contribution in [0.4, 0.5) is 0 Å². The van der Waals surface area contributed by atoms with E-state index in [0.717, 1.165) is 26.1 Å². The Kier molecular flexibility index (Phi) is 3.49. The molecule has 3 nitrogen and oxygen atoms in total. The molecule has 0 saturated carbocycles. The van der Waals surface area contributed by atoms with Crippen LogP contribution in [0.5, 0.6) is 0 Å². The van der Waals surface area contributed by atoms with E-state index in [1.54, 1.807) is 0 Å². The fraction of sp³-hybridized carbons (Fsp3) is 0.444. The highest BCUT2D eigenvalue weighted by molar-refractivity contribution is 9.12. The second kappa shape index (κ2) is 4.53. The highest BCUT2D eigenvalue weighted by atomic mass is 79.9. The number of nitrogens with zero attached hydrogens (tertiary/aromatic N) is 1. The Hall–Kier alpha value is 0.0900. The first kappa shape index (κ1) is 11.6. The van der Waals surface area contributed by atoms with E-state index in [9.17, 15) is 4.79 Å². The van der Waals surface area contributed by atoms with Crippen LogP contribution in [0.15, 0.2) is 13.6 Å².